The third-order valence-electron chi connectivity index (χ3n) is 1.76. The van der Waals surface area contributed by atoms with E-state index in [0.717, 1.165) is 13.0 Å². The van der Waals surface area contributed by atoms with Gasteiger partial charge in [0.25, 0.3) is 0 Å². The van der Waals surface area contributed by atoms with E-state index < -0.39 is 0 Å². The molecule has 0 aromatic rings. The largest absolute Gasteiger partial charge is 0.443 e. The van der Waals surface area contributed by atoms with Gasteiger partial charge in [0, 0.05) is 6.08 Å². The van der Waals surface area contributed by atoms with Crippen molar-refractivity contribution in [2.45, 2.75) is 26.5 Å². The molecule has 1 atom stereocenters. The highest BCUT2D eigenvalue weighted by Crippen LogP contribution is 2.03. The van der Waals surface area contributed by atoms with Crippen molar-refractivity contribution >= 4 is 5.97 Å². The summed E-state index contributed by atoms with van der Waals surface area (Å²) in [5.41, 5.74) is 0. The van der Waals surface area contributed by atoms with Crippen LogP contribution < -0.4 is 0 Å². The average molecular weight is 171 g/mol. The molecule has 3 heteroatoms. The fourth-order valence-electron chi connectivity index (χ4n) is 0.871. The van der Waals surface area contributed by atoms with Crippen molar-refractivity contribution in [3.8, 4) is 0 Å². The number of carbonyl (C=O) groups excluding carboxylic acids is 1. The van der Waals surface area contributed by atoms with Crippen LogP contribution in [0, 0.1) is 0 Å². The number of esters is 1. The molecule has 0 aliphatic heterocycles. The van der Waals surface area contributed by atoms with Gasteiger partial charge in [-0.3, -0.25) is 4.90 Å². The van der Waals surface area contributed by atoms with E-state index >= 15 is 0 Å². The van der Waals surface area contributed by atoms with Crippen molar-refractivity contribution in [3.05, 3.63) is 12.7 Å². The van der Waals surface area contributed by atoms with Gasteiger partial charge in [-0.2, -0.15) is 0 Å². The monoisotopic (exact) mass is 171 g/mol. The van der Waals surface area contributed by atoms with Crippen LogP contribution in [0.3, 0.4) is 0 Å². The van der Waals surface area contributed by atoms with Gasteiger partial charge < -0.3 is 4.74 Å². The summed E-state index contributed by atoms with van der Waals surface area (Å²) in [6, 6.07) is 0. The van der Waals surface area contributed by atoms with Gasteiger partial charge in [0.05, 0.1) is 0 Å². The highest BCUT2D eigenvalue weighted by atomic mass is 16.6. The van der Waals surface area contributed by atoms with E-state index in [1.807, 2.05) is 25.8 Å². The Balaban J connectivity index is 3.98. The van der Waals surface area contributed by atoms with Crippen molar-refractivity contribution in [2.24, 2.45) is 0 Å². The number of nitrogens with zero attached hydrogens (tertiary/aromatic N) is 1. The van der Waals surface area contributed by atoms with Crippen LogP contribution in [-0.4, -0.2) is 30.7 Å². The van der Waals surface area contributed by atoms with Crippen LogP contribution in [0.15, 0.2) is 12.7 Å². The highest BCUT2D eigenvalue weighted by molar-refractivity contribution is 5.81. The molecule has 0 N–H and O–H groups in total. The van der Waals surface area contributed by atoms with E-state index in [1.54, 1.807) is 0 Å². The summed E-state index contributed by atoms with van der Waals surface area (Å²) in [6.07, 6.45) is 1.86. The number of ether oxygens (including phenoxy) is 1. The minimum Gasteiger partial charge on any atom is -0.443 e. The van der Waals surface area contributed by atoms with Crippen molar-refractivity contribution in [2.75, 3.05) is 13.6 Å². The molecule has 0 heterocycles. The van der Waals surface area contributed by atoms with Crippen LogP contribution in [-0.2, 0) is 9.53 Å². The van der Waals surface area contributed by atoms with Gasteiger partial charge in [-0.15, -0.1) is 0 Å². The summed E-state index contributed by atoms with van der Waals surface area (Å²) >= 11 is 0. The molecule has 0 aromatic heterocycles. The smallest absolute Gasteiger partial charge is 0.331 e. The first-order valence-corrected chi connectivity index (χ1v) is 4.18. The molecule has 0 saturated carbocycles. The molecular weight excluding hydrogens is 154 g/mol. The zero-order valence-corrected chi connectivity index (χ0v) is 8.04. The molecule has 3 nitrogen and oxygen atoms in total. The molecule has 0 fully saturated rings. The van der Waals surface area contributed by atoms with E-state index in [-0.39, 0.29) is 12.2 Å². The maximum atomic E-state index is 10.8. The molecule has 0 aliphatic rings. The van der Waals surface area contributed by atoms with Gasteiger partial charge in [0.2, 0.25) is 0 Å². The predicted octanol–water partition coefficient (Wildman–Crippen LogP) is 1.40. The van der Waals surface area contributed by atoms with Crippen LogP contribution in [0.25, 0.3) is 0 Å². The molecule has 0 saturated heterocycles. The third-order valence-corrected chi connectivity index (χ3v) is 1.76. The molecule has 0 radical (unpaired) electrons. The Morgan fingerprint density at radius 2 is 2.25 bits per heavy atom. The summed E-state index contributed by atoms with van der Waals surface area (Å²) < 4.78 is 5.07. The Bertz CT molecular complexity index is 157. The van der Waals surface area contributed by atoms with E-state index in [4.69, 9.17) is 4.74 Å². The molecule has 0 bridgehead atoms. The summed E-state index contributed by atoms with van der Waals surface area (Å²) in [4.78, 5) is 12.8. The van der Waals surface area contributed by atoms with Crippen LogP contribution in [0.4, 0.5) is 0 Å². The maximum Gasteiger partial charge on any atom is 0.331 e. The number of hydrogen-bond acceptors (Lipinski definition) is 3. The molecule has 12 heavy (non-hydrogen) atoms. The zero-order chi connectivity index (χ0) is 9.56. The van der Waals surface area contributed by atoms with Crippen LogP contribution in [0.5, 0.6) is 0 Å². The van der Waals surface area contributed by atoms with Gasteiger partial charge in [-0.1, -0.05) is 20.4 Å². The van der Waals surface area contributed by atoms with Crippen molar-refractivity contribution in [1.82, 2.24) is 4.90 Å². The van der Waals surface area contributed by atoms with Gasteiger partial charge in [-0.05, 0) is 20.0 Å². The van der Waals surface area contributed by atoms with Crippen molar-refractivity contribution in [3.63, 3.8) is 0 Å². The Kier molecular flexibility index (Phi) is 5.37. The first-order valence-electron chi connectivity index (χ1n) is 4.18. The fraction of sp³-hybridized carbons (Fsp3) is 0.667. The summed E-state index contributed by atoms with van der Waals surface area (Å²) in [7, 11) is 1.92. The summed E-state index contributed by atoms with van der Waals surface area (Å²) in [5, 5.41) is 0. The van der Waals surface area contributed by atoms with E-state index in [9.17, 15) is 4.79 Å². The van der Waals surface area contributed by atoms with Crippen molar-refractivity contribution in [1.29, 1.82) is 0 Å². The van der Waals surface area contributed by atoms with E-state index in [1.165, 1.54) is 6.08 Å². The molecule has 0 rings (SSSR count). The topological polar surface area (TPSA) is 29.5 Å². The third kappa shape index (κ3) is 3.53. The average Bonchev–Trinajstić information content (AvgIpc) is 2.12. The quantitative estimate of drug-likeness (QED) is 0.356. The Morgan fingerprint density at radius 1 is 1.67 bits per heavy atom. The minimum atomic E-state index is -0.359. The second-order valence-electron chi connectivity index (χ2n) is 2.58. The standard InChI is InChI=1S/C9H17NO2/c1-5-8(10(4)7-3)12-9(11)6-2/h6,8H,2,5,7H2,1,3-4H3. The van der Waals surface area contributed by atoms with Gasteiger partial charge in [0.15, 0.2) is 6.23 Å². The first kappa shape index (κ1) is 11.2. The van der Waals surface area contributed by atoms with Crippen molar-refractivity contribution < 1.29 is 9.53 Å². The number of carbonyl (C=O) groups is 1. The Morgan fingerprint density at radius 3 is 2.58 bits per heavy atom. The molecule has 0 amide bonds. The Hall–Kier alpha value is -0.830. The SMILES string of the molecule is C=CC(=O)OC(CC)N(C)CC. The van der Waals surface area contributed by atoms with E-state index in [0.29, 0.717) is 0 Å². The van der Waals surface area contributed by atoms with Crippen LogP contribution in [0.2, 0.25) is 0 Å². The molecule has 70 valence electrons. The lowest BCUT2D eigenvalue weighted by Crippen LogP contribution is -2.34. The lowest BCUT2D eigenvalue weighted by atomic mass is 10.4. The highest BCUT2D eigenvalue weighted by Gasteiger charge is 2.13. The molecule has 0 aliphatic carbocycles. The first-order chi connectivity index (χ1) is 5.65. The zero-order valence-electron chi connectivity index (χ0n) is 8.04. The Labute approximate surface area is 74.0 Å². The van der Waals surface area contributed by atoms with Gasteiger partial charge in [-0.25, -0.2) is 4.79 Å². The summed E-state index contributed by atoms with van der Waals surface area (Å²) in [5.74, 6) is -0.359. The lowest BCUT2D eigenvalue weighted by molar-refractivity contribution is -0.151. The second kappa shape index (κ2) is 5.77. The summed E-state index contributed by atoms with van der Waals surface area (Å²) in [6.45, 7) is 8.20. The van der Waals surface area contributed by atoms with Crippen LogP contribution >= 0.6 is 0 Å². The van der Waals surface area contributed by atoms with Gasteiger partial charge >= 0.3 is 5.97 Å². The molecule has 0 spiro atoms. The number of hydrogen-bond donors (Lipinski definition) is 0. The minimum absolute atomic E-state index is 0.125. The predicted molar refractivity (Wildman–Crippen MR) is 48.7 cm³/mol. The molecule has 0 aromatic carbocycles. The maximum absolute atomic E-state index is 10.8. The normalized spacial score (nSPS) is 12.7. The second-order valence-corrected chi connectivity index (χ2v) is 2.58. The lowest BCUT2D eigenvalue weighted by Gasteiger charge is -2.24. The molecular formula is C9H17NO2. The fourth-order valence-corrected chi connectivity index (χ4v) is 0.871. The van der Waals surface area contributed by atoms with Crippen LogP contribution in [0.1, 0.15) is 20.3 Å². The van der Waals surface area contributed by atoms with E-state index in [2.05, 4.69) is 6.58 Å². The van der Waals surface area contributed by atoms with Gasteiger partial charge in [0.1, 0.15) is 0 Å². The number of rotatable bonds is 5. The molecule has 1 unspecified atom stereocenters.